The van der Waals surface area contributed by atoms with Crippen LogP contribution in [0.2, 0.25) is 5.15 Å². The minimum absolute atomic E-state index is 0.0528. The van der Waals surface area contributed by atoms with E-state index in [-0.39, 0.29) is 12.3 Å². The lowest BCUT2D eigenvalue weighted by Crippen LogP contribution is -2.26. The number of nitrogens with zero attached hydrogens (tertiary/aromatic N) is 2. The molecule has 0 bridgehead atoms. The molecule has 6 heteroatoms. The van der Waals surface area contributed by atoms with Crippen molar-refractivity contribution in [3.8, 4) is 0 Å². The van der Waals surface area contributed by atoms with Crippen molar-refractivity contribution < 1.29 is 14.7 Å². The fourth-order valence-corrected chi connectivity index (χ4v) is 1.55. The van der Waals surface area contributed by atoms with E-state index in [1.807, 2.05) is 0 Å². The smallest absolute Gasteiger partial charge is 0.303 e. The molecule has 1 N–H and O–H groups in total. The molecule has 1 aromatic rings. The Balaban J connectivity index is 2.47. The van der Waals surface area contributed by atoms with E-state index in [9.17, 15) is 9.59 Å². The number of aromatic nitrogens is 1. The van der Waals surface area contributed by atoms with Crippen LogP contribution in [-0.4, -0.2) is 40.5 Å². The van der Waals surface area contributed by atoms with E-state index < -0.39 is 5.97 Å². The topological polar surface area (TPSA) is 70.5 Å². The highest BCUT2D eigenvalue weighted by Gasteiger charge is 2.05. The molecular weight excluding hydrogens is 268 g/mol. The first-order valence-electron chi connectivity index (χ1n) is 5.76. The second-order valence-electron chi connectivity index (χ2n) is 3.98. The van der Waals surface area contributed by atoms with Gasteiger partial charge in [0.05, 0.1) is 5.69 Å². The first-order chi connectivity index (χ1) is 8.99. The molecule has 1 heterocycles. The van der Waals surface area contributed by atoms with E-state index in [1.54, 1.807) is 31.3 Å². The summed E-state index contributed by atoms with van der Waals surface area (Å²) in [6, 6.07) is 5.13. The number of carbonyl (C=O) groups excluding carboxylic acids is 1. The van der Waals surface area contributed by atoms with Gasteiger partial charge in [0, 0.05) is 26.1 Å². The summed E-state index contributed by atoms with van der Waals surface area (Å²) in [4.78, 5) is 27.5. The van der Waals surface area contributed by atoms with Gasteiger partial charge >= 0.3 is 5.97 Å². The zero-order chi connectivity index (χ0) is 14.3. The molecule has 0 radical (unpaired) electrons. The highest BCUT2D eigenvalue weighted by atomic mass is 35.5. The third kappa shape index (κ3) is 6.01. The number of pyridine rings is 1. The lowest BCUT2D eigenvalue weighted by molar-refractivity contribution is -0.137. The van der Waals surface area contributed by atoms with Crippen LogP contribution in [0.5, 0.6) is 0 Å². The molecule has 0 aliphatic rings. The molecular formula is C13H15ClN2O3. The molecule has 0 atom stereocenters. The Labute approximate surface area is 116 Å². The third-order valence-electron chi connectivity index (χ3n) is 2.39. The molecule has 0 aliphatic heterocycles. The van der Waals surface area contributed by atoms with E-state index >= 15 is 0 Å². The number of rotatable bonds is 6. The van der Waals surface area contributed by atoms with Gasteiger partial charge in [0.15, 0.2) is 0 Å². The summed E-state index contributed by atoms with van der Waals surface area (Å²) >= 11 is 5.72. The number of carboxylic acids is 1. The van der Waals surface area contributed by atoms with Crippen molar-refractivity contribution in [2.75, 3.05) is 13.6 Å². The number of hydrogen-bond donors (Lipinski definition) is 1. The predicted molar refractivity (Wildman–Crippen MR) is 72.8 cm³/mol. The molecule has 0 aliphatic carbocycles. The van der Waals surface area contributed by atoms with Crippen molar-refractivity contribution in [3.05, 3.63) is 35.1 Å². The quantitative estimate of drug-likeness (QED) is 0.640. The normalized spacial score (nSPS) is 10.6. The van der Waals surface area contributed by atoms with E-state index in [0.717, 1.165) is 0 Å². The van der Waals surface area contributed by atoms with Crippen LogP contribution in [0.3, 0.4) is 0 Å². The van der Waals surface area contributed by atoms with E-state index in [0.29, 0.717) is 23.8 Å². The van der Waals surface area contributed by atoms with Crippen LogP contribution >= 0.6 is 11.6 Å². The predicted octanol–water partition coefficient (Wildman–Crippen LogP) is 2.07. The van der Waals surface area contributed by atoms with E-state index in [4.69, 9.17) is 16.7 Å². The lowest BCUT2D eigenvalue weighted by atomic mass is 10.3. The molecule has 1 aromatic heterocycles. The van der Waals surface area contributed by atoms with Crippen molar-refractivity contribution >= 4 is 29.6 Å². The molecule has 1 rings (SSSR count). The molecule has 102 valence electrons. The monoisotopic (exact) mass is 282 g/mol. The first kappa shape index (κ1) is 15.2. The summed E-state index contributed by atoms with van der Waals surface area (Å²) in [6.45, 7) is 0.401. The van der Waals surface area contributed by atoms with Crippen LogP contribution < -0.4 is 0 Å². The molecule has 0 unspecified atom stereocenters. The number of hydrogen-bond acceptors (Lipinski definition) is 3. The number of amides is 1. The van der Waals surface area contributed by atoms with Crippen molar-refractivity contribution in [3.63, 3.8) is 0 Å². The van der Waals surface area contributed by atoms with Crippen molar-refractivity contribution in [1.82, 2.24) is 9.88 Å². The Morgan fingerprint density at radius 1 is 1.47 bits per heavy atom. The Hall–Kier alpha value is -1.88. The fourth-order valence-electron chi connectivity index (χ4n) is 1.38. The van der Waals surface area contributed by atoms with Crippen LogP contribution in [0.4, 0.5) is 0 Å². The molecule has 0 aromatic carbocycles. The molecule has 19 heavy (non-hydrogen) atoms. The maximum absolute atomic E-state index is 11.7. The average molecular weight is 283 g/mol. The molecule has 0 spiro atoms. The third-order valence-corrected chi connectivity index (χ3v) is 2.60. The summed E-state index contributed by atoms with van der Waals surface area (Å²) < 4.78 is 0. The second-order valence-corrected chi connectivity index (χ2v) is 4.36. The van der Waals surface area contributed by atoms with E-state index in [2.05, 4.69) is 4.98 Å². The van der Waals surface area contributed by atoms with Crippen molar-refractivity contribution in [2.45, 2.75) is 12.8 Å². The zero-order valence-electron chi connectivity index (χ0n) is 10.5. The van der Waals surface area contributed by atoms with Crippen LogP contribution in [0.15, 0.2) is 24.3 Å². The molecule has 5 nitrogen and oxygen atoms in total. The van der Waals surface area contributed by atoms with Crippen molar-refractivity contribution in [2.24, 2.45) is 0 Å². The van der Waals surface area contributed by atoms with Gasteiger partial charge in [0.2, 0.25) is 5.91 Å². The molecule has 0 fully saturated rings. The zero-order valence-corrected chi connectivity index (χ0v) is 11.3. The minimum Gasteiger partial charge on any atom is -0.481 e. The van der Waals surface area contributed by atoms with Crippen molar-refractivity contribution in [1.29, 1.82) is 0 Å². The summed E-state index contributed by atoms with van der Waals surface area (Å²) in [5.74, 6) is -1.06. The van der Waals surface area contributed by atoms with Gasteiger partial charge in [-0.1, -0.05) is 17.7 Å². The standard InChI is InChI=1S/C13H15ClN2O3/c1-16(9-3-6-13(18)19)12(17)8-7-10-4-2-5-11(14)15-10/h2,4-5,7-8H,3,6,9H2,1H3,(H,18,19)/b8-7+. The summed E-state index contributed by atoms with van der Waals surface area (Å²) in [5.41, 5.74) is 0.597. The summed E-state index contributed by atoms with van der Waals surface area (Å²) in [5, 5.41) is 8.87. The summed E-state index contributed by atoms with van der Waals surface area (Å²) in [6.07, 6.45) is 3.44. The first-order valence-corrected chi connectivity index (χ1v) is 6.14. The van der Waals surface area contributed by atoms with Crippen LogP contribution in [0.1, 0.15) is 18.5 Å². The highest BCUT2D eigenvalue weighted by Crippen LogP contribution is 2.06. The largest absolute Gasteiger partial charge is 0.481 e. The highest BCUT2D eigenvalue weighted by molar-refractivity contribution is 6.29. The minimum atomic E-state index is -0.862. The van der Waals surface area contributed by atoms with Crippen LogP contribution in [0.25, 0.3) is 6.08 Å². The van der Waals surface area contributed by atoms with Crippen LogP contribution in [0, 0.1) is 0 Å². The van der Waals surface area contributed by atoms with Gasteiger partial charge in [0.1, 0.15) is 5.15 Å². The van der Waals surface area contributed by atoms with Gasteiger partial charge in [0.25, 0.3) is 0 Å². The average Bonchev–Trinajstić information content (AvgIpc) is 2.35. The van der Waals surface area contributed by atoms with Gasteiger partial charge < -0.3 is 10.0 Å². The number of carbonyl (C=O) groups is 2. The Morgan fingerprint density at radius 2 is 2.21 bits per heavy atom. The van der Waals surface area contributed by atoms with Gasteiger partial charge in [-0.2, -0.15) is 0 Å². The van der Waals surface area contributed by atoms with E-state index in [1.165, 1.54) is 11.0 Å². The molecule has 1 amide bonds. The second kappa shape index (κ2) is 7.53. The lowest BCUT2D eigenvalue weighted by Gasteiger charge is -2.13. The molecule has 0 saturated carbocycles. The SMILES string of the molecule is CN(CCCC(=O)O)C(=O)/C=C/c1cccc(Cl)n1. The Kier molecular flexibility index (Phi) is 6.02. The van der Waals surface area contributed by atoms with Crippen LogP contribution in [-0.2, 0) is 9.59 Å². The molecule has 0 saturated heterocycles. The van der Waals surface area contributed by atoms with Gasteiger partial charge in [-0.15, -0.1) is 0 Å². The summed E-state index contributed by atoms with van der Waals surface area (Å²) in [7, 11) is 1.62. The van der Waals surface area contributed by atoms with Gasteiger partial charge in [-0.05, 0) is 24.6 Å². The number of aliphatic carboxylic acids is 1. The fraction of sp³-hybridized carbons (Fsp3) is 0.308. The Bertz CT molecular complexity index is 489. The van der Waals surface area contributed by atoms with Gasteiger partial charge in [-0.3, -0.25) is 9.59 Å². The number of likely N-dealkylation sites (N-methyl/N-ethyl adjacent to an activating group) is 1. The maximum Gasteiger partial charge on any atom is 0.303 e. The van der Waals surface area contributed by atoms with Gasteiger partial charge in [-0.25, -0.2) is 4.98 Å². The Morgan fingerprint density at radius 3 is 2.84 bits per heavy atom. The maximum atomic E-state index is 11.7. The number of halogens is 1. The number of carboxylic acid groups (broad SMARTS) is 1.